The van der Waals surface area contributed by atoms with Gasteiger partial charge in [0, 0.05) is 17.6 Å². The lowest BCUT2D eigenvalue weighted by molar-refractivity contribution is 1.16. The van der Waals surface area contributed by atoms with Crippen LogP contribution in [0.2, 0.25) is 0 Å². The SMILES string of the molecule is Cc1cc(=O)[nH]c2nc(N)ncc12. The number of pyridine rings is 1. The number of nitrogens with one attached hydrogen (secondary N) is 1. The van der Waals surface area contributed by atoms with Gasteiger partial charge in [-0.05, 0) is 12.5 Å². The minimum atomic E-state index is -0.178. The molecule has 0 saturated carbocycles. The number of nitrogens with zero attached hydrogens (tertiary/aromatic N) is 2. The second kappa shape index (κ2) is 2.55. The Hall–Kier alpha value is -1.91. The molecule has 0 amide bonds. The summed E-state index contributed by atoms with van der Waals surface area (Å²) < 4.78 is 0. The number of aromatic amines is 1. The van der Waals surface area contributed by atoms with Crippen molar-refractivity contribution >= 4 is 17.0 Å². The lowest BCUT2D eigenvalue weighted by Gasteiger charge is -1.99. The van der Waals surface area contributed by atoms with E-state index >= 15 is 0 Å². The fourth-order valence-electron chi connectivity index (χ4n) is 1.21. The zero-order chi connectivity index (χ0) is 9.42. The summed E-state index contributed by atoms with van der Waals surface area (Å²) in [5.41, 5.74) is 6.53. The van der Waals surface area contributed by atoms with E-state index in [4.69, 9.17) is 5.73 Å². The average Bonchev–Trinajstić information content (AvgIpc) is 2.02. The van der Waals surface area contributed by atoms with Gasteiger partial charge in [-0.15, -0.1) is 0 Å². The van der Waals surface area contributed by atoms with E-state index in [9.17, 15) is 4.79 Å². The van der Waals surface area contributed by atoms with Crippen LogP contribution in [0.25, 0.3) is 11.0 Å². The summed E-state index contributed by atoms with van der Waals surface area (Å²) in [6.07, 6.45) is 1.60. The molecule has 0 aromatic carbocycles. The predicted octanol–water partition coefficient (Wildman–Crippen LogP) is 0.209. The van der Waals surface area contributed by atoms with Crippen LogP contribution < -0.4 is 11.3 Å². The highest BCUT2D eigenvalue weighted by Gasteiger charge is 2.01. The third kappa shape index (κ3) is 1.24. The summed E-state index contributed by atoms with van der Waals surface area (Å²) in [6.45, 7) is 1.83. The molecule has 0 unspecified atom stereocenters. The molecular weight excluding hydrogens is 168 g/mol. The highest BCUT2D eigenvalue weighted by atomic mass is 16.1. The molecular formula is C8H8N4O. The number of nitrogen functional groups attached to an aromatic ring is 1. The molecule has 0 aliphatic heterocycles. The Morgan fingerprint density at radius 2 is 2.31 bits per heavy atom. The van der Waals surface area contributed by atoms with Gasteiger partial charge >= 0.3 is 0 Å². The fraction of sp³-hybridized carbons (Fsp3) is 0.125. The van der Waals surface area contributed by atoms with E-state index in [1.54, 1.807) is 6.20 Å². The highest BCUT2D eigenvalue weighted by molar-refractivity contribution is 5.77. The normalized spacial score (nSPS) is 10.5. The second-order valence-corrected chi connectivity index (χ2v) is 2.81. The van der Waals surface area contributed by atoms with E-state index in [1.807, 2.05) is 6.92 Å². The van der Waals surface area contributed by atoms with Crippen LogP contribution in [0.1, 0.15) is 5.56 Å². The van der Waals surface area contributed by atoms with Crippen molar-refractivity contribution in [3.8, 4) is 0 Å². The predicted molar refractivity (Wildman–Crippen MR) is 49.3 cm³/mol. The van der Waals surface area contributed by atoms with Gasteiger partial charge in [0.05, 0.1) is 0 Å². The molecule has 0 saturated heterocycles. The number of aryl methyl sites for hydroxylation is 1. The number of rotatable bonds is 0. The summed E-state index contributed by atoms with van der Waals surface area (Å²) in [6, 6.07) is 1.50. The topological polar surface area (TPSA) is 84.7 Å². The third-order valence-corrected chi connectivity index (χ3v) is 1.82. The number of hydrogen-bond acceptors (Lipinski definition) is 4. The first-order chi connectivity index (χ1) is 6.16. The maximum Gasteiger partial charge on any atom is 0.249 e. The zero-order valence-electron chi connectivity index (χ0n) is 7.03. The van der Waals surface area contributed by atoms with Crippen LogP contribution in [0.5, 0.6) is 0 Å². The molecule has 0 bridgehead atoms. The summed E-state index contributed by atoms with van der Waals surface area (Å²) in [7, 11) is 0. The minimum Gasteiger partial charge on any atom is -0.368 e. The Balaban J connectivity index is 2.94. The monoisotopic (exact) mass is 176 g/mol. The van der Waals surface area contributed by atoms with E-state index in [0.29, 0.717) is 5.65 Å². The van der Waals surface area contributed by atoms with Gasteiger partial charge < -0.3 is 10.7 Å². The van der Waals surface area contributed by atoms with Crippen LogP contribution in [-0.4, -0.2) is 15.0 Å². The molecule has 0 fully saturated rings. The van der Waals surface area contributed by atoms with Crippen molar-refractivity contribution in [2.24, 2.45) is 0 Å². The van der Waals surface area contributed by atoms with Gasteiger partial charge in [0.2, 0.25) is 11.5 Å². The van der Waals surface area contributed by atoms with Gasteiger partial charge in [-0.25, -0.2) is 4.98 Å². The number of H-pyrrole nitrogens is 1. The second-order valence-electron chi connectivity index (χ2n) is 2.81. The van der Waals surface area contributed by atoms with Gasteiger partial charge in [-0.3, -0.25) is 4.79 Å². The van der Waals surface area contributed by atoms with Gasteiger partial charge in [0.25, 0.3) is 0 Å². The molecule has 0 aliphatic carbocycles. The van der Waals surface area contributed by atoms with Crippen LogP contribution in [0.15, 0.2) is 17.1 Å². The number of hydrogen-bond donors (Lipinski definition) is 2. The van der Waals surface area contributed by atoms with E-state index in [-0.39, 0.29) is 11.5 Å². The molecule has 2 heterocycles. The van der Waals surface area contributed by atoms with Crippen molar-refractivity contribution < 1.29 is 0 Å². The van der Waals surface area contributed by atoms with Crippen LogP contribution in [-0.2, 0) is 0 Å². The summed E-state index contributed by atoms with van der Waals surface area (Å²) in [5.74, 6) is 0.161. The molecule has 0 spiro atoms. The van der Waals surface area contributed by atoms with Gasteiger partial charge in [0.1, 0.15) is 5.65 Å². The Bertz CT molecular complexity index is 517. The summed E-state index contributed by atoms with van der Waals surface area (Å²) >= 11 is 0. The summed E-state index contributed by atoms with van der Waals surface area (Å²) in [5, 5.41) is 0.814. The van der Waals surface area contributed by atoms with E-state index < -0.39 is 0 Å². The molecule has 2 aromatic heterocycles. The first-order valence-corrected chi connectivity index (χ1v) is 3.79. The maximum atomic E-state index is 11.1. The molecule has 5 nitrogen and oxygen atoms in total. The maximum absolute atomic E-state index is 11.1. The lowest BCUT2D eigenvalue weighted by atomic mass is 10.2. The van der Waals surface area contributed by atoms with Crippen molar-refractivity contribution in [1.82, 2.24) is 15.0 Å². The van der Waals surface area contributed by atoms with Crippen LogP contribution in [0, 0.1) is 6.92 Å². The molecule has 5 heteroatoms. The van der Waals surface area contributed by atoms with Crippen LogP contribution >= 0.6 is 0 Å². The molecule has 2 aromatic rings. The Labute approximate surface area is 73.6 Å². The average molecular weight is 176 g/mol. The number of anilines is 1. The van der Waals surface area contributed by atoms with Gasteiger partial charge in [-0.2, -0.15) is 4.98 Å². The van der Waals surface area contributed by atoms with Gasteiger partial charge in [-0.1, -0.05) is 0 Å². The smallest absolute Gasteiger partial charge is 0.249 e. The lowest BCUT2D eigenvalue weighted by Crippen LogP contribution is -2.07. The highest BCUT2D eigenvalue weighted by Crippen LogP contribution is 2.10. The van der Waals surface area contributed by atoms with E-state index in [0.717, 1.165) is 10.9 Å². The molecule has 3 N–H and O–H groups in total. The molecule has 13 heavy (non-hydrogen) atoms. The van der Waals surface area contributed by atoms with Crippen molar-refractivity contribution in [2.75, 3.05) is 5.73 Å². The standard InChI is InChI=1S/C8H8N4O/c1-4-2-6(13)11-7-5(4)3-10-8(9)12-7/h2-3H,1H3,(H3,9,10,11,12,13). The Morgan fingerprint density at radius 3 is 3.08 bits per heavy atom. The van der Waals surface area contributed by atoms with Crippen molar-refractivity contribution in [1.29, 1.82) is 0 Å². The largest absolute Gasteiger partial charge is 0.368 e. The van der Waals surface area contributed by atoms with Crippen molar-refractivity contribution in [3.05, 3.63) is 28.2 Å². The summed E-state index contributed by atoms with van der Waals surface area (Å²) in [4.78, 5) is 21.4. The molecule has 0 aliphatic rings. The fourth-order valence-corrected chi connectivity index (χ4v) is 1.21. The first-order valence-electron chi connectivity index (χ1n) is 3.79. The number of fused-ring (bicyclic) bond motifs is 1. The number of nitrogens with two attached hydrogens (primary N) is 1. The van der Waals surface area contributed by atoms with Crippen LogP contribution in [0.3, 0.4) is 0 Å². The van der Waals surface area contributed by atoms with Gasteiger partial charge in [0.15, 0.2) is 0 Å². The molecule has 0 radical (unpaired) electrons. The van der Waals surface area contributed by atoms with Crippen molar-refractivity contribution in [2.45, 2.75) is 6.92 Å². The molecule has 0 atom stereocenters. The Kier molecular flexibility index (Phi) is 1.51. The minimum absolute atomic E-state index is 0.161. The van der Waals surface area contributed by atoms with Crippen molar-refractivity contribution in [3.63, 3.8) is 0 Å². The first kappa shape index (κ1) is 7.72. The van der Waals surface area contributed by atoms with E-state index in [2.05, 4.69) is 15.0 Å². The molecule has 66 valence electrons. The molecule has 2 rings (SSSR count). The van der Waals surface area contributed by atoms with Crippen LogP contribution in [0.4, 0.5) is 5.95 Å². The Morgan fingerprint density at radius 1 is 1.54 bits per heavy atom. The third-order valence-electron chi connectivity index (χ3n) is 1.82. The quantitative estimate of drug-likeness (QED) is 0.600. The number of aromatic nitrogens is 3. The van der Waals surface area contributed by atoms with E-state index in [1.165, 1.54) is 6.07 Å². The zero-order valence-corrected chi connectivity index (χ0v) is 7.03.